The van der Waals surface area contributed by atoms with Gasteiger partial charge in [0.15, 0.2) is 0 Å². The van der Waals surface area contributed by atoms with Crippen molar-refractivity contribution in [1.82, 2.24) is 9.80 Å². The second kappa shape index (κ2) is 10.7. The normalized spacial score (nSPS) is 19.0. The molecule has 2 amide bonds. The van der Waals surface area contributed by atoms with Gasteiger partial charge in [-0.25, -0.2) is 0 Å². The topological polar surface area (TPSA) is 52.7 Å². The van der Waals surface area contributed by atoms with E-state index in [1.807, 2.05) is 29.7 Å². The van der Waals surface area contributed by atoms with Gasteiger partial charge in [-0.05, 0) is 56.7 Å². The Balaban J connectivity index is 2.09. The highest BCUT2D eigenvalue weighted by molar-refractivity contribution is 6.31. The molecule has 0 aromatic heterocycles. The molecule has 2 rings (SSSR count). The van der Waals surface area contributed by atoms with E-state index in [4.69, 9.17) is 11.6 Å². The summed E-state index contributed by atoms with van der Waals surface area (Å²) in [6, 6.07) is 5.28. The summed E-state index contributed by atoms with van der Waals surface area (Å²) < 4.78 is 0. The Kier molecular flexibility index (Phi) is 8.57. The van der Waals surface area contributed by atoms with Crippen LogP contribution in [-0.2, 0) is 4.79 Å². The van der Waals surface area contributed by atoms with Gasteiger partial charge in [0.05, 0.1) is 11.3 Å². The standard InChI is InChI=1S/C23H34ClN3O2/c1-6-26(7-2)22(28)11-8-18(5)25-21-10-9-19(24)13-20(21)23(29)27-14-16(3)12-17(4)15-27/h9-10,13,16-17,25H,5-8,11-12,14-15H2,1-4H3/t16-,17+. The van der Waals surface area contributed by atoms with E-state index in [1.165, 1.54) is 0 Å². The first-order valence-electron chi connectivity index (χ1n) is 10.6. The average Bonchev–Trinajstić information content (AvgIpc) is 2.67. The van der Waals surface area contributed by atoms with Crippen LogP contribution in [-0.4, -0.2) is 47.8 Å². The molecule has 0 spiro atoms. The van der Waals surface area contributed by atoms with Gasteiger partial charge in [0.25, 0.3) is 5.91 Å². The molecule has 1 aliphatic heterocycles. The van der Waals surface area contributed by atoms with Gasteiger partial charge in [-0.3, -0.25) is 9.59 Å². The number of nitrogens with one attached hydrogen (secondary N) is 1. The number of piperidine rings is 1. The third kappa shape index (κ3) is 6.49. The Morgan fingerprint density at radius 3 is 2.38 bits per heavy atom. The molecule has 5 nitrogen and oxygen atoms in total. The predicted octanol–water partition coefficient (Wildman–Crippen LogP) is 5.03. The van der Waals surface area contributed by atoms with E-state index in [0.717, 1.165) is 19.5 Å². The van der Waals surface area contributed by atoms with E-state index < -0.39 is 0 Å². The number of anilines is 1. The Morgan fingerprint density at radius 2 is 1.79 bits per heavy atom. The minimum absolute atomic E-state index is 0.0135. The molecule has 1 aromatic rings. The summed E-state index contributed by atoms with van der Waals surface area (Å²) in [5.41, 5.74) is 1.95. The van der Waals surface area contributed by atoms with E-state index in [0.29, 0.717) is 59.7 Å². The smallest absolute Gasteiger partial charge is 0.256 e. The summed E-state index contributed by atoms with van der Waals surface area (Å²) in [6.07, 6.45) is 2.05. The van der Waals surface area contributed by atoms with Crippen molar-refractivity contribution in [2.45, 2.75) is 47.0 Å². The average molecular weight is 420 g/mol. The van der Waals surface area contributed by atoms with Gasteiger partial charge in [-0.1, -0.05) is 32.0 Å². The second-order valence-corrected chi connectivity index (χ2v) is 8.58. The van der Waals surface area contributed by atoms with E-state index in [2.05, 4.69) is 25.7 Å². The van der Waals surface area contributed by atoms with Crippen LogP contribution >= 0.6 is 11.6 Å². The van der Waals surface area contributed by atoms with Crippen molar-refractivity contribution in [3.8, 4) is 0 Å². The third-order valence-electron chi connectivity index (χ3n) is 5.44. The summed E-state index contributed by atoms with van der Waals surface area (Å²) >= 11 is 6.19. The summed E-state index contributed by atoms with van der Waals surface area (Å²) in [6.45, 7) is 15.3. The number of hydrogen-bond acceptors (Lipinski definition) is 3. The van der Waals surface area contributed by atoms with Crippen LogP contribution in [0, 0.1) is 11.8 Å². The van der Waals surface area contributed by atoms with Crippen molar-refractivity contribution in [1.29, 1.82) is 0 Å². The highest BCUT2D eigenvalue weighted by atomic mass is 35.5. The fraction of sp³-hybridized carbons (Fsp3) is 0.565. The number of amides is 2. The van der Waals surface area contributed by atoms with Gasteiger partial charge in [-0.15, -0.1) is 0 Å². The quantitative estimate of drug-likeness (QED) is 0.642. The van der Waals surface area contributed by atoms with Crippen molar-refractivity contribution in [2.75, 3.05) is 31.5 Å². The van der Waals surface area contributed by atoms with E-state index in [-0.39, 0.29) is 11.8 Å². The predicted molar refractivity (Wildman–Crippen MR) is 120 cm³/mol. The molecule has 0 saturated carbocycles. The first kappa shape index (κ1) is 23.3. The molecule has 29 heavy (non-hydrogen) atoms. The molecule has 1 saturated heterocycles. The molecular weight excluding hydrogens is 386 g/mol. The molecule has 1 fully saturated rings. The summed E-state index contributed by atoms with van der Waals surface area (Å²) in [4.78, 5) is 29.2. The van der Waals surface area contributed by atoms with Crippen LogP contribution in [0.1, 0.15) is 57.3 Å². The molecule has 0 aliphatic carbocycles. The highest BCUT2D eigenvalue weighted by Gasteiger charge is 2.27. The maximum Gasteiger partial charge on any atom is 0.256 e. The van der Waals surface area contributed by atoms with Crippen molar-refractivity contribution in [3.63, 3.8) is 0 Å². The van der Waals surface area contributed by atoms with E-state index >= 15 is 0 Å². The molecule has 1 aliphatic rings. The fourth-order valence-corrected chi connectivity index (χ4v) is 4.22. The zero-order chi connectivity index (χ0) is 21.6. The molecule has 1 heterocycles. The van der Waals surface area contributed by atoms with Gasteiger partial charge < -0.3 is 15.1 Å². The fourth-order valence-electron chi connectivity index (χ4n) is 4.05. The van der Waals surface area contributed by atoms with Gasteiger partial charge in [0.1, 0.15) is 0 Å². The third-order valence-corrected chi connectivity index (χ3v) is 5.67. The molecule has 160 valence electrons. The molecule has 1 aromatic carbocycles. The number of halogens is 1. The first-order chi connectivity index (χ1) is 13.7. The maximum atomic E-state index is 13.2. The zero-order valence-corrected chi connectivity index (χ0v) is 18.9. The molecular formula is C23H34ClN3O2. The van der Waals surface area contributed by atoms with Crippen LogP contribution in [0.5, 0.6) is 0 Å². The van der Waals surface area contributed by atoms with Gasteiger partial charge >= 0.3 is 0 Å². The summed E-state index contributed by atoms with van der Waals surface area (Å²) in [7, 11) is 0. The minimum atomic E-state index is -0.0135. The maximum absolute atomic E-state index is 13.2. The zero-order valence-electron chi connectivity index (χ0n) is 18.1. The molecule has 1 N–H and O–H groups in total. The minimum Gasteiger partial charge on any atom is -0.359 e. The molecule has 2 atom stereocenters. The van der Waals surface area contributed by atoms with E-state index in [9.17, 15) is 9.59 Å². The van der Waals surface area contributed by atoms with Crippen LogP contribution < -0.4 is 5.32 Å². The lowest BCUT2D eigenvalue weighted by Gasteiger charge is -2.35. The number of allylic oxidation sites excluding steroid dienone is 1. The van der Waals surface area contributed by atoms with Crippen molar-refractivity contribution >= 4 is 29.1 Å². The van der Waals surface area contributed by atoms with Crippen molar-refractivity contribution < 1.29 is 9.59 Å². The van der Waals surface area contributed by atoms with Gasteiger partial charge in [0, 0.05) is 43.3 Å². The van der Waals surface area contributed by atoms with Crippen LogP contribution in [0.25, 0.3) is 0 Å². The summed E-state index contributed by atoms with van der Waals surface area (Å²) in [5, 5.41) is 3.77. The monoisotopic (exact) mass is 419 g/mol. The SMILES string of the molecule is C=C(CCC(=O)N(CC)CC)Nc1ccc(Cl)cc1C(=O)N1C[C@H](C)C[C@H](C)C1. The number of nitrogens with zero attached hydrogens (tertiary/aromatic N) is 2. The van der Waals surface area contributed by atoms with Crippen molar-refractivity contribution in [3.05, 3.63) is 41.1 Å². The lowest BCUT2D eigenvalue weighted by Crippen LogP contribution is -2.42. The molecule has 0 unspecified atom stereocenters. The molecule has 0 bridgehead atoms. The summed E-state index contributed by atoms with van der Waals surface area (Å²) in [5.74, 6) is 1.07. The number of carbonyl (C=O) groups excluding carboxylic acids is 2. The second-order valence-electron chi connectivity index (χ2n) is 8.14. The van der Waals surface area contributed by atoms with Crippen LogP contribution in [0.4, 0.5) is 5.69 Å². The lowest BCUT2D eigenvalue weighted by molar-refractivity contribution is -0.130. The first-order valence-corrected chi connectivity index (χ1v) is 10.9. The van der Waals surface area contributed by atoms with Crippen molar-refractivity contribution in [2.24, 2.45) is 11.8 Å². The highest BCUT2D eigenvalue weighted by Crippen LogP contribution is 2.28. The number of carbonyl (C=O) groups is 2. The Labute approximate surface area is 180 Å². The van der Waals surface area contributed by atoms with E-state index in [1.54, 1.807) is 12.1 Å². The largest absolute Gasteiger partial charge is 0.359 e. The van der Waals surface area contributed by atoms with Crippen LogP contribution in [0.15, 0.2) is 30.5 Å². The van der Waals surface area contributed by atoms with Crippen LogP contribution in [0.2, 0.25) is 5.02 Å². The van der Waals surface area contributed by atoms with Crippen LogP contribution in [0.3, 0.4) is 0 Å². The Morgan fingerprint density at radius 1 is 1.17 bits per heavy atom. The van der Waals surface area contributed by atoms with Gasteiger partial charge in [-0.2, -0.15) is 0 Å². The molecule has 6 heteroatoms. The number of rotatable bonds is 8. The Bertz CT molecular complexity index is 736. The molecule has 0 radical (unpaired) electrons. The number of likely N-dealkylation sites (tertiary alicyclic amines) is 1. The number of benzene rings is 1. The Hall–Kier alpha value is -2.01. The number of hydrogen-bond donors (Lipinski definition) is 1. The lowest BCUT2D eigenvalue weighted by atomic mass is 9.91. The van der Waals surface area contributed by atoms with Gasteiger partial charge in [0.2, 0.25) is 5.91 Å².